The lowest BCUT2D eigenvalue weighted by Gasteiger charge is -2.41. The molecule has 0 saturated carbocycles. The van der Waals surface area contributed by atoms with E-state index in [1.165, 1.54) is 0 Å². The number of halogens is 5. The van der Waals surface area contributed by atoms with Gasteiger partial charge < -0.3 is 15.4 Å². The first-order valence-electron chi connectivity index (χ1n) is 11.6. The summed E-state index contributed by atoms with van der Waals surface area (Å²) < 4.78 is 76.1. The smallest absolute Gasteiger partial charge is 0.213 e. The van der Waals surface area contributed by atoms with Crippen molar-refractivity contribution in [3.8, 4) is 11.8 Å². The van der Waals surface area contributed by atoms with E-state index in [0.717, 1.165) is 12.8 Å². The Morgan fingerprint density at radius 1 is 1.05 bits per heavy atom. The second-order valence-corrected chi connectivity index (χ2v) is 9.41. The second-order valence-electron chi connectivity index (χ2n) is 9.41. The molecule has 2 aliphatic heterocycles. The molecule has 13 heteroatoms. The van der Waals surface area contributed by atoms with Crippen LogP contribution >= 0.6 is 0 Å². The summed E-state index contributed by atoms with van der Waals surface area (Å²) in [5, 5.41) is 7.13. The molecule has 0 aliphatic carbocycles. The van der Waals surface area contributed by atoms with Gasteiger partial charge in [-0.2, -0.15) is 10.1 Å². The van der Waals surface area contributed by atoms with E-state index in [4.69, 9.17) is 10.5 Å². The first-order chi connectivity index (χ1) is 17.7. The van der Waals surface area contributed by atoms with Gasteiger partial charge in [0, 0.05) is 36.9 Å². The number of fused-ring (bicyclic) bond motifs is 3. The van der Waals surface area contributed by atoms with Crippen molar-refractivity contribution in [3.63, 3.8) is 0 Å². The minimum Gasteiger partial charge on any atom is -0.376 e. The molecule has 0 amide bonds. The fourth-order valence-electron chi connectivity index (χ4n) is 5.20. The molecule has 37 heavy (non-hydrogen) atoms. The van der Waals surface area contributed by atoms with E-state index in [-0.39, 0.29) is 23.3 Å². The number of piperidine rings is 1. The number of aromatic amines is 1. The zero-order valence-electron chi connectivity index (χ0n) is 19.5. The van der Waals surface area contributed by atoms with Crippen molar-refractivity contribution >= 4 is 22.6 Å². The van der Waals surface area contributed by atoms with Gasteiger partial charge in [-0.05, 0) is 25.7 Å². The number of imidazole rings is 1. The van der Waals surface area contributed by atoms with Gasteiger partial charge >= 0.3 is 0 Å². The van der Waals surface area contributed by atoms with Gasteiger partial charge in [0.2, 0.25) is 11.8 Å². The molecule has 192 valence electrons. The lowest BCUT2D eigenvalue weighted by Crippen LogP contribution is -2.51. The highest BCUT2D eigenvalue weighted by Crippen LogP contribution is 2.42. The second kappa shape index (κ2) is 8.39. The summed E-state index contributed by atoms with van der Waals surface area (Å²) in [6.45, 7) is 4.00. The standard InChI is InChI=1S/C24H20F5N7O/c1-11-20(30)24(10-37-11)4-7-35(8-5-24)23-32-21-14(22-31-6-9-36(22)23)13(33-34-21)3-2-12-15(25)17(27)19(29)18(28)16(12)26/h6,9,11,20H,4-5,7-8,10,30H2,1H3,(H,33,34)/t11-,20+/m0/s1. The molecular weight excluding hydrogens is 497 g/mol. The number of nitrogens with one attached hydrogen (secondary N) is 1. The van der Waals surface area contributed by atoms with E-state index < -0.39 is 34.6 Å². The Morgan fingerprint density at radius 3 is 2.38 bits per heavy atom. The van der Waals surface area contributed by atoms with Crippen molar-refractivity contribution in [2.75, 3.05) is 24.6 Å². The van der Waals surface area contributed by atoms with Crippen molar-refractivity contribution in [2.24, 2.45) is 11.1 Å². The molecule has 0 bridgehead atoms. The molecule has 3 N–H and O–H groups in total. The molecule has 5 heterocycles. The van der Waals surface area contributed by atoms with Crippen LogP contribution in [0.2, 0.25) is 0 Å². The molecule has 3 aromatic heterocycles. The monoisotopic (exact) mass is 517 g/mol. The lowest BCUT2D eigenvalue weighted by atomic mass is 9.73. The number of hydrogen-bond donors (Lipinski definition) is 2. The van der Waals surface area contributed by atoms with E-state index in [9.17, 15) is 22.0 Å². The topological polar surface area (TPSA) is 97.4 Å². The molecule has 2 fully saturated rings. The van der Waals surface area contributed by atoms with E-state index in [1.54, 1.807) is 16.8 Å². The first kappa shape index (κ1) is 23.6. The Labute approximate surface area is 206 Å². The molecule has 0 radical (unpaired) electrons. The van der Waals surface area contributed by atoms with Crippen LogP contribution in [0.1, 0.15) is 31.0 Å². The first-order valence-corrected chi connectivity index (χ1v) is 11.6. The van der Waals surface area contributed by atoms with Crippen molar-refractivity contribution in [1.82, 2.24) is 24.6 Å². The van der Waals surface area contributed by atoms with Gasteiger partial charge in [0.25, 0.3) is 0 Å². The predicted octanol–water partition coefficient (Wildman–Crippen LogP) is 3.03. The number of nitrogens with zero attached hydrogens (tertiary/aromatic N) is 5. The van der Waals surface area contributed by atoms with Crippen LogP contribution < -0.4 is 10.6 Å². The largest absolute Gasteiger partial charge is 0.376 e. The number of anilines is 1. The Kier molecular flexibility index (Phi) is 5.36. The highest BCUT2D eigenvalue weighted by Gasteiger charge is 2.47. The van der Waals surface area contributed by atoms with Gasteiger partial charge in [0.05, 0.1) is 18.1 Å². The zero-order chi connectivity index (χ0) is 26.1. The number of nitrogens with two attached hydrogens (primary N) is 1. The van der Waals surface area contributed by atoms with Gasteiger partial charge in [0.15, 0.2) is 34.6 Å². The predicted molar refractivity (Wildman–Crippen MR) is 122 cm³/mol. The maximum atomic E-state index is 14.1. The van der Waals surface area contributed by atoms with Crippen LogP contribution in [0.3, 0.4) is 0 Å². The number of aromatic nitrogens is 5. The normalized spacial score (nSPS) is 21.2. The summed E-state index contributed by atoms with van der Waals surface area (Å²) in [5.41, 5.74) is 5.83. The number of benzene rings is 1. The van der Waals surface area contributed by atoms with Crippen LogP contribution in [-0.2, 0) is 4.74 Å². The molecule has 1 aromatic carbocycles. The van der Waals surface area contributed by atoms with E-state index in [0.29, 0.717) is 42.3 Å². The van der Waals surface area contributed by atoms with Gasteiger partial charge in [-0.3, -0.25) is 9.50 Å². The van der Waals surface area contributed by atoms with Crippen LogP contribution in [-0.4, -0.2) is 56.4 Å². The van der Waals surface area contributed by atoms with Crippen LogP contribution in [0.25, 0.3) is 16.7 Å². The van der Waals surface area contributed by atoms with Gasteiger partial charge in [-0.1, -0.05) is 5.92 Å². The van der Waals surface area contributed by atoms with Gasteiger partial charge in [0.1, 0.15) is 11.3 Å². The van der Waals surface area contributed by atoms with E-state index in [1.807, 2.05) is 12.8 Å². The Hall–Kier alpha value is -3.76. The Morgan fingerprint density at radius 2 is 1.73 bits per heavy atom. The summed E-state index contributed by atoms with van der Waals surface area (Å²) in [6.07, 6.45) is 4.94. The average Bonchev–Trinajstić information content (AvgIpc) is 3.61. The van der Waals surface area contributed by atoms with Crippen molar-refractivity contribution in [1.29, 1.82) is 0 Å². The third-order valence-corrected chi connectivity index (χ3v) is 7.44. The summed E-state index contributed by atoms with van der Waals surface area (Å²) >= 11 is 0. The zero-order valence-corrected chi connectivity index (χ0v) is 19.5. The van der Waals surface area contributed by atoms with E-state index >= 15 is 0 Å². The third kappa shape index (κ3) is 3.47. The van der Waals surface area contributed by atoms with Crippen LogP contribution in [0.5, 0.6) is 0 Å². The quantitative estimate of drug-likeness (QED) is 0.174. The van der Waals surface area contributed by atoms with Crippen LogP contribution in [0.15, 0.2) is 12.4 Å². The fraction of sp³-hybridized carbons (Fsp3) is 0.375. The molecule has 2 atom stereocenters. The molecule has 2 saturated heterocycles. The minimum atomic E-state index is -2.25. The van der Waals surface area contributed by atoms with Crippen LogP contribution in [0.4, 0.5) is 27.9 Å². The maximum absolute atomic E-state index is 14.1. The Balaban J connectivity index is 1.37. The highest BCUT2D eigenvalue weighted by atomic mass is 19.2. The highest BCUT2D eigenvalue weighted by molar-refractivity contribution is 5.94. The van der Waals surface area contributed by atoms with Gasteiger partial charge in [-0.25, -0.2) is 26.9 Å². The summed E-state index contributed by atoms with van der Waals surface area (Å²) in [5.74, 6) is -5.38. The van der Waals surface area contributed by atoms with E-state index in [2.05, 4.69) is 31.0 Å². The van der Waals surface area contributed by atoms with Crippen molar-refractivity contribution < 1.29 is 26.7 Å². The average molecular weight is 517 g/mol. The fourth-order valence-corrected chi connectivity index (χ4v) is 5.20. The van der Waals surface area contributed by atoms with Crippen molar-refractivity contribution in [3.05, 3.63) is 52.7 Å². The SMILES string of the molecule is C[C@@H]1OCC2(CCN(c3nc4[nH]nc(C#Cc5c(F)c(F)c(F)c(F)c5F)c4c4nccn34)CC2)[C@@H]1N. The molecule has 1 spiro atoms. The maximum Gasteiger partial charge on any atom is 0.213 e. The molecule has 4 aromatic rings. The minimum absolute atomic E-state index is 0.00476. The number of H-pyrrole nitrogens is 1. The summed E-state index contributed by atoms with van der Waals surface area (Å²) in [6, 6.07) is -0.0372. The number of ether oxygens (including phenoxy) is 1. The number of rotatable bonds is 1. The third-order valence-electron chi connectivity index (χ3n) is 7.44. The Bertz CT molecular complexity index is 1580. The molecule has 6 rings (SSSR count). The lowest BCUT2D eigenvalue weighted by molar-refractivity contribution is 0.0973. The number of hydrogen-bond acceptors (Lipinski definition) is 6. The van der Waals surface area contributed by atoms with Crippen molar-refractivity contribution in [2.45, 2.75) is 31.9 Å². The molecule has 0 unspecified atom stereocenters. The van der Waals surface area contributed by atoms with Crippen LogP contribution in [0, 0.1) is 46.3 Å². The molecule has 8 nitrogen and oxygen atoms in total. The summed E-state index contributed by atoms with van der Waals surface area (Å²) in [4.78, 5) is 11.2. The van der Waals surface area contributed by atoms with Gasteiger partial charge in [-0.15, -0.1) is 0 Å². The summed E-state index contributed by atoms with van der Waals surface area (Å²) in [7, 11) is 0. The molecule has 2 aliphatic rings. The molecular formula is C24H20F5N7O.